The highest BCUT2D eigenvalue weighted by Crippen LogP contribution is 2.50. The molecule has 0 bridgehead atoms. The van der Waals surface area contributed by atoms with Gasteiger partial charge >= 0.3 is 5.97 Å². The molecule has 21 nitrogen and oxygen atoms in total. The van der Waals surface area contributed by atoms with Crippen molar-refractivity contribution in [3.05, 3.63) is 107 Å². The van der Waals surface area contributed by atoms with Crippen LogP contribution in [0.1, 0.15) is 189 Å². The van der Waals surface area contributed by atoms with E-state index in [1.165, 1.54) is 115 Å². The number of primary sulfonamides is 1. The summed E-state index contributed by atoms with van der Waals surface area (Å²) in [6, 6.07) is 17.7. The topological polar surface area (TPSA) is 290 Å². The fourth-order valence-electron chi connectivity index (χ4n) is 10.2. The second-order valence-corrected chi connectivity index (χ2v) is 28.6. The highest BCUT2D eigenvalue weighted by molar-refractivity contribution is 7.90. The predicted octanol–water partition coefficient (Wildman–Crippen LogP) is 12.7. The highest BCUT2D eigenvalue weighted by Gasteiger charge is 2.37. The summed E-state index contributed by atoms with van der Waals surface area (Å²) in [5.74, 6) is 0.902. The van der Waals surface area contributed by atoms with Crippen molar-refractivity contribution in [3.8, 4) is 23.4 Å². The maximum Gasteiger partial charge on any atom is 0.338 e. The van der Waals surface area contributed by atoms with Gasteiger partial charge in [0.2, 0.25) is 11.8 Å². The molecule has 87 heavy (non-hydrogen) atoms. The molecule has 472 valence electrons. The van der Waals surface area contributed by atoms with E-state index in [1.54, 1.807) is 38.1 Å². The standard InChI is InChI=1S/C31H41ClN6O4S.C16H18ClN3O3.C15H25N3O2S/c1-30(2)15-12-22(21-30)7-5-18-33-24-8-4-9-27(34-24)43(40,41)37-29(39)23-10-11-25(35-28(23)32)38-19-13-26(36-38)42-20-6-14-31(3)16-17-31;1-16(7-8-16)6-2-10-23-13-5-9-20(19-13)12-4-3-11(15(21)22)14(17)18-12;1-15(2)9-8-12(11-15)5-4-10-17-13-6-3-7-14(18-13)21(16,19)20/h4,8-11,13,19,22H,5-7,12,14-18,20-21H2,1-3H3,(H,33,34)(H,37,39);3-5,9H,2,6-8,10H2,1H3,(H,21,22);3,6-7,12H,4-5,8-11H2,1-2H3,(H,17,18)(H2,16,19,20)/t22-;;12-/m1.1/s1/i6D2,14D2;2D2,6D2;. The molecule has 0 saturated heterocycles. The second-order valence-electron chi connectivity index (χ2n) is 24.7. The molecule has 2 atom stereocenters. The van der Waals surface area contributed by atoms with E-state index in [4.69, 9.17) is 53.9 Å². The van der Waals surface area contributed by atoms with Crippen molar-refractivity contribution in [2.75, 3.05) is 36.9 Å². The molecule has 4 aliphatic carbocycles. The average Bonchev–Trinajstić information content (AvgIpc) is 1.60. The molecule has 4 fully saturated rings. The minimum Gasteiger partial charge on any atom is -0.478 e. The van der Waals surface area contributed by atoms with Crippen LogP contribution in [-0.4, -0.2) is 99.6 Å². The fraction of sp³-hybridized carbons (Fsp3) is 0.548. The van der Waals surface area contributed by atoms with Crippen molar-refractivity contribution < 1.29 is 52.0 Å². The van der Waals surface area contributed by atoms with E-state index in [0.717, 1.165) is 31.7 Å². The van der Waals surface area contributed by atoms with E-state index in [9.17, 15) is 26.4 Å². The Labute approximate surface area is 533 Å². The number of carboxylic acids is 1. The molecule has 4 aliphatic rings. The third kappa shape index (κ3) is 20.6. The number of aromatic carboxylic acids is 1. The lowest BCUT2D eigenvalue weighted by Gasteiger charge is -2.17. The summed E-state index contributed by atoms with van der Waals surface area (Å²) in [6.07, 6.45) is 8.96. The maximum absolute atomic E-state index is 13.0. The van der Waals surface area contributed by atoms with E-state index in [0.29, 0.717) is 60.6 Å². The van der Waals surface area contributed by atoms with Gasteiger partial charge in [-0.1, -0.05) is 76.9 Å². The number of nitrogens with two attached hydrogens (primary N) is 1. The van der Waals surface area contributed by atoms with E-state index in [1.807, 2.05) is 4.72 Å². The summed E-state index contributed by atoms with van der Waals surface area (Å²) in [5, 5.41) is 27.8. The average molecular weight is 1280 g/mol. The van der Waals surface area contributed by atoms with E-state index >= 15 is 0 Å². The number of pyridine rings is 4. The summed E-state index contributed by atoms with van der Waals surface area (Å²) in [6.45, 7) is 13.2. The van der Waals surface area contributed by atoms with Crippen LogP contribution in [0.5, 0.6) is 11.8 Å². The summed E-state index contributed by atoms with van der Waals surface area (Å²) < 4.78 is 129. The highest BCUT2D eigenvalue weighted by atomic mass is 35.5. The molecular formula is C62H84Cl2N12O9S2. The van der Waals surface area contributed by atoms with Gasteiger partial charge in [0.1, 0.15) is 21.9 Å². The Morgan fingerprint density at radius 2 is 1.09 bits per heavy atom. The number of nitrogens with one attached hydrogen (secondary N) is 3. The molecule has 6 N–H and O–H groups in total. The van der Waals surface area contributed by atoms with Gasteiger partial charge in [-0.2, -0.15) is 8.42 Å². The Morgan fingerprint density at radius 3 is 1.51 bits per heavy atom. The van der Waals surface area contributed by atoms with Crippen molar-refractivity contribution in [2.24, 2.45) is 38.6 Å². The number of aromatic nitrogens is 8. The molecule has 6 aromatic rings. The van der Waals surface area contributed by atoms with E-state index < -0.39 is 81.5 Å². The number of carbonyl (C=O) groups excluding carboxylic acids is 1. The van der Waals surface area contributed by atoms with Gasteiger partial charge in [-0.25, -0.2) is 52.4 Å². The summed E-state index contributed by atoms with van der Waals surface area (Å²) in [7, 11) is -8.06. The largest absolute Gasteiger partial charge is 0.478 e. The molecular weight excluding hydrogens is 1190 g/mol. The maximum atomic E-state index is 13.0. The van der Waals surface area contributed by atoms with Gasteiger partial charge in [-0.3, -0.25) is 4.79 Å². The molecule has 10 rings (SSSR count). The number of hydrogen-bond donors (Lipinski definition) is 5. The number of nitrogens with zero attached hydrogens (tertiary/aromatic N) is 8. The third-order valence-electron chi connectivity index (χ3n) is 15.7. The zero-order valence-electron chi connectivity index (χ0n) is 57.9. The van der Waals surface area contributed by atoms with Gasteiger partial charge in [0, 0.05) is 48.6 Å². The Bertz CT molecular complexity index is 3950. The molecule has 4 saturated carbocycles. The van der Waals surface area contributed by atoms with E-state index in [2.05, 4.69) is 68.5 Å². The van der Waals surface area contributed by atoms with Gasteiger partial charge in [-0.05, 0) is 197 Å². The molecule has 0 radical (unpaired) electrons. The Balaban J connectivity index is 0.000000202. The Hall–Kier alpha value is -6.40. The first-order chi connectivity index (χ1) is 44.1. The van der Waals surface area contributed by atoms with Crippen molar-refractivity contribution in [1.82, 2.24) is 44.2 Å². The SMILES string of the molecule is CC1(C)CC[C@@H](CCCNc2cccc(S(N)(=O)=O)n2)C1.[2H]C([2H])(COc1ccn(-c2ccc(C(=O)NS(=O)(=O)c3cccc(NCCC[C@@H]4CCC(C)(C)C4)n3)c(Cl)n2)n1)C([2H])([2H])C1(C)CC1.[2H]C([2H])(COc1ccn(-c2ccc(C(=O)O)c(Cl)n2)n1)C([2H])([2H])C1(C)CC1. The molecule has 1 amide bonds. The molecule has 0 aliphatic heterocycles. The molecule has 6 aromatic heterocycles. The first-order valence-electron chi connectivity index (χ1n) is 33.1. The minimum absolute atomic E-state index is 0.0403. The van der Waals surface area contributed by atoms with E-state index in [-0.39, 0.29) is 54.9 Å². The lowest BCUT2D eigenvalue weighted by atomic mass is 9.89. The molecule has 0 unspecified atom stereocenters. The van der Waals surface area contributed by atoms with Crippen LogP contribution < -0.4 is 30.0 Å². The third-order valence-corrected chi connectivity index (χ3v) is 18.3. The summed E-state index contributed by atoms with van der Waals surface area (Å²) in [4.78, 5) is 40.2. The minimum atomic E-state index is -4.33. The van der Waals surface area contributed by atoms with Crippen LogP contribution in [0, 0.1) is 33.5 Å². The molecule has 0 spiro atoms. The number of sulfonamides is 2. The Morgan fingerprint density at radius 1 is 0.644 bits per heavy atom. The zero-order chi connectivity index (χ0) is 69.8. The van der Waals surface area contributed by atoms with Crippen LogP contribution in [-0.2, 0) is 20.0 Å². The molecule has 25 heteroatoms. The summed E-state index contributed by atoms with van der Waals surface area (Å²) in [5.41, 5.74) is -0.805. The van der Waals surface area contributed by atoms with Crippen molar-refractivity contribution in [2.45, 2.75) is 167 Å². The monoisotopic (exact) mass is 1280 g/mol. The first-order valence-corrected chi connectivity index (χ1v) is 32.9. The van der Waals surface area contributed by atoms with Crippen LogP contribution in [0.4, 0.5) is 11.6 Å². The summed E-state index contributed by atoms with van der Waals surface area (Å²) >= 11 is 12.1. The van der Waals surface area contributed by atoms with Gasteiger partial charge in [0.05, 0.1) is 24.3 Å². The smallest absolute Gasteiger partial charge is 0.338 e. The van der Waals surface area contributed by atoms with Crippen LogP contribution in [0.25, 0.3) is 11.6 Å². The number of ether oxygens (including phenoxy) is 2. The lowest BCUT2D eigenvalue weighted by Crippen LogP contribution is -2.31. The van der Waals surface area contributed by atoms with Crippen molar-refractivity contribution in [1.29, 1.82) is 0 Å². The number of hydrogen-bond acceptors (Lipinski definition) is 16. The van der Waals surface area contributed by atoms with Crippen LogP contribution in [0.2, 0.25) is 10.3 Å². The normalized spacial score (nSPS) is 20.5. The quantitative estimate of drug-likeness (QED) is 0.0236. The van der Waals surface area contributed by atoms with Crippen LogP contribution in [0.15, 0.2) is 95.2 Å². The number of anilines is 2. The van der Waals surface area contributed by atoms with Crippen molar-refractivity contribution >= 4 is 66.8 Å². The van der Waals surface area contributed by atoms with Crippen LogP contribution in [0.3, 0.4) is 0 Å². The van der Waals surface area contributed by atoms with Gasteiger partial charge in [0.25, 0.3) is 26.0 Å². The van der Waals surface area contributed by atoms with Crippen molar-refractivity contribution in [3.63, 3.8) is 0 Å². The zero-order valence-corrected chi connectivity index (χ0v) is 53.1. The number of amides is 1. The lowest BCUT2D eigenvalue weighted by molar-refractivity contribution is 0.0696. The number of halogens is 2. The fourth-order valence-corrected chi connectivity index (χ4v) is 12.1. The van der Waals surface area contributed by atoms with Gasteiger partial charge < -0.3 is 25.2 Å². The van der Waals surface area contributed by atoms with Crippen LogP contribution >= 0.6 is 23.2 Å². The predicted molar refractivity (Wildman–Crippen MR) is 336 cm³/mol. The second kappa shape index (κ2) is 28.8. The van der Waals surface area contributed by atoms with Gasteiger partial charge in [0.15, 0.2) is 21.7 Å². The number of carboxylic acid groups (broad SMARTS) is 1. The molecule has 6 heterocycles. The number of rotatable bonds is 27. The first kappa shape index (κ1) is 55.9. The number of carbonyl (C=O) groups is 2. The molecule has 0 aromatic carbocycles. The Kier molecular flexibility index (Phi) is 18.5. The van der Waals surface area contributed by atoms with Gasteiger partial charge in [-0.15, -0.1) is 10.2 Å².